The van der Waals surface area contributed by atoms with Gasteiger partial charge >= 0.3 is 12.2 Å². The van der Waals surface area contributed by atoms with Crippen molar-refractivity contribution in [3.05, 3.63) is 0 Å². The molecule has 2 fully saturated rings. The number of hydrogen-bond donors (Lipinski definition) is 1. The second kappa shape index (κ2) is 4.29. The lowest BCUT2D eigenvalue weighted by Crippen LogP contribution is -2.46. The van der Waals surface area contributed by atoms with Gasteiger partial charge in [-0.2, -0.15) is 13.2 Å². The van der Waals surface area contributed by atoms with Crippen LogP contribution in [0.25, 0.3) is 0 Å². The van der Waals surface area contributed by atoms with Crippen LogP contribution in [-0.4, -0.2) is 54.7 Å². The topological polar surface area (TPSA) is 49.6 Å². The van der Waals surface area contributed by atoms with Gasteiger partial charge in [-0.25, -0.2) is 4.79 Å². The second-order valence-corrected chi connectivity index (χ2v) is 5.46. The molecule has 2 amide bonds. The summed E-state index contributed by atoms with van der Waals surface area (Å²) in [4.78, 5) is 14.1. The highest BCUT2D eigenvalue weighted by Gasteiger charge is 2.50. The first-order valence-corrected chi connectivity index (χ1v) is 6.06. The summed E-state index contributed by atoms with van der Waals surface area (Å²) in [6.45, 7) is -0.360. The van der Waals surface area contributed by atoms with Gasteiger partial charge in [-0.05, 0) is 12.8 Å². The molecule has 7 heteroatoms. The van der Waals surface area contributed by atoms with E-state index >= 15 is 0 Å². The number of nitrogens with two attached hydrogens (primary N) is 1. The summed E-state index contributed by atoms with van der Waals surface area (Å²) in [5.41, 5.74) is 5.96. The largest absolute Gasteiger partial charge is 0.406 e. The van der Waals surface area contributed by atoms with Gasteiger partial charge in [0.05, 0.1) is 0 Å². The summed E-state index contributed by atoms with van der Waals surface area (Å²) in [5.74, 6) is 0. The van der Waals surface area contributed by atoms with Gasteiger partial charge < -0.3 is 15.5 Å². The quantitative estimate of drug-likeness (QED) is 0.779. The first kappa shape index (κ1) is 13.5. The number of nitrogens with zero attached hydrogens (tertiary/aromatic N) is 2. The van der Waals surface area contributed by atoms with E-state index in [2.05, 4.69) is 0 Å². The molecule has 0 bridgehead atoms. The normalized spacial score (nSPS) is 26.3. The molecule has 1 unspecified atom stereocenters. The van der Waals surface area contributed by atoms with E-state index in [0.717, 1.165) is 19.3 Å². The maximum Gasteiger partial charge on any atom is 0.406 e. The molecular weight excluding hydrogens is 247 g/mol. The van der Waals surface area contributed by atoms with Crippen molar-refractivity contribution in [3.63, 3.8) is 0 Å². The Morgan fingerprint density at radius 3 is 2.50 bits per heavy atom. The van der Waals surface area contributed by atoms with Gasteiger partial charge in [-0.3, -0.25) is 0 Å². The molecule has 1 spiro atoms. The fraction of sp³-hybridized carbons (Fsp3) is 0.909. The van der Waals surface area contributed by atoms with Crippen molar-refractivity contribution in [1.82, 2.24) is 9.80 Å². The van der Waals surface area contributed by atoms with Crippen LogP contribution >= 0.6 is 0 Å². The molecule has 4 nitrogen and oxygen atoms in total. The molecular formula is C11H18F3N3O. The Labute approximate surface area is 104 Å². The molecule has 1 aliphatic carbocycles. The maximum absolute atomic E-state index is 12.2. The number of likely N-dealkylation sites (tertiary alicyclic amines) is 1. The fourth-order valence-corrected chi connectivity index (χ4v) is 2.88. The molecule has 18 heavy (non-hydrogen) atoms. The Morgan fingerprint density at radius 2 is 2.11 bits per heavy atom. The van der Waals surface area contributed by atoms with Gasteiger partial charge in [-0.15, -0.1) is 0 Å². The van der Waals surface area contributed by atoms with Crippen LogP contribution in [0.1, 0.15) is 19.3 Å². The molecule has 1 saturated carbocycles. The number of amides is 2. The second-order valence-electron chi connectivity index (χ2n) is 5.46. The predicted octanol–water partition coefficient (Wildman–Crippen LogP) is 1.41. The van der Waals surface area contributed by atoms with Crippen LogP contribution in [0.15, 0.2) is 0 Å². The Bertz CT molecular complexity index is 341. The summed E-state index contributed by atoms with van der Waals surface area (Å²) >= 11 is 0. The maximum atomic E-state index is 12.2. The lowest BCUT2D eigenvalue weighted by molar-refractivity contribution is -0.138. The van der Waals surface area contributed by atoms with Crippen molar-refractivity contribution >= 4 is 6.03 Å². The molecule has 0 aromatic carbocycles. The van der Waals surface area contributed by atoms with Crippen molar-refractivity contribution in [2.75, 3.05) is 26.7 Å². The molecule has 0 radical (unpaired) electrons. The van der Waals surface area contributed by atoms with Gasteiger partial charge in [0, 0.05) is 31.6 Å². The fourth-order valence-electron chi connectivity index (χ4n) is 2.88. The first-order chi connectivity index (χ1) is 8.23. The van der Waals surface area contributed by atoms with Gasteiger partial charge in [0.25, 0.3) is 0 Å². The van der Waals surface area contributed by atoms with E-state index in [0.29, 0.717) is 18.0 Å². The third-order valence-electron chi connectivity index (χ3n) is 4.07. The molecule has 1 saturated heterocycles. The van der Waals surface area contributed by atoms with Crippen molar-refractivity contribution in [2.24, 2.45) is 11.1 Å². The van der Waals surface area contributed by atoms with Crippen LogP contribution in [-0.2, 0) is 0 Å². The van der Waals surface area contributed by atoms with Gasteiger partial charge in [0.1, 0.15) is 6.54 Å². The Hall–Kier alpha value is -0.980. The SMILES string of the molecule is CN(CC(F)(F)F)C(=O)N1CC(N)C2(CCC2)C1. The molecule has 0 aromatic rings. The minimum Gasteiger partial charge on any atom is -0.326 e. The number of carbonyl (C=O) groups excluding carboxylic acids is 1. The lowest BCUT2D eigenvalue weighted by atomic mass is 9.66. The average molecular weight is 265 g/mol. The minimum absolute atomic E-state index is 0.0330. The van der Waals surface area contributed by atoms with Crippen LogP contribution in [0.5, 0.6) is 0 Å². The third kappa shape index (κ3) is 2.41. The smallest absolute Gasteiger partial charge is 0.326 e. The van der Waals surface area contributed by atoms with Gasteiger partial charge in [0.2, 0.25) is 0 Å². The van der Waals surface area contributed by atoms with Crippen LogP contribution in [0, 0.1) is 5.41 Å². The van der Waals surface area contributed by atoms with Gasteiger partial charge in [-0.1, -0.05) is 6.42 Å². The summed E-state index contributed by atoms with van der Waals surface area (Å²) in [7, 11) is 1.17. The van der Waals surface area contributed by atoms with Crippen LogP contribution in [0.4, 0.5) is 18.0 Å². The number of alkyl halides is 3. The molecule has 104 valence electrons. The van der Waals surface area contributed by atoms with E-state index in [1.54, 1.807) is 0 Å². The summed E-state index contributed by atoms with van der Waals surface area (Å²) < 4.78 is 36.7. The zero-order valence-electron chi connectivity index (χ0n) is 10.3. The van der Waals surface area contributed by atoms with Crippen molar-refractivity contribution in [2.45, 2.75) is 31.5 Å². The monoisotopic (exact) mass is 265 g/mol. The first-order valence-electron chi connectivity index (χ1n) is 6.06. The number of hydrogen-bond acceptors (Lipinski definition) is 2. The molecule has 2 aliphatic rings. The zero-order chi connectivity index (χ0) is 13.6. The van der Waals surface area contributed by atoms with E-state index in [4.69, 9.17) is 5.73 Å². The zero-order valence-corrected chi connectivity index (χ0v) is 10.3. The van der Waals surface area contributed by atoms with E-state index < -0.39 is 18.8 Å². The Morgan fingerprint density at radius 1 is 1.50 bits per heavy atom. The number of halogens is 3. The standard InChI is InChI=1S/C11H18F3N3O/c1-16(7-11(12,13)14)9(18)17-5-8(15)10(6-17)3-2-4-10/h8H,2-7,15H2,1H3. The van der Waals surface area contributed by atoms with Crippen molar-refractivity contribution < 1.29 is 18.0 Å². The summed E-state index contributed by atoms with van der Waals surface area (Å²) in [5, 5.41) is 0. The van der Waals surface area contributed by atoms with E-state index in [9.17, 15) is 18.0 Å². The lowest BCUT2D eigenvalue weighted by Gasteiger charge is -2.41. The summed E-state index contributed by atoms with van der Waals surface area (Å²) in [6, 6.07) is -0.680. The van der Waals surface area contributed by atoms with Crippen LogP contribution in [0.2, 0.25) is 0 Å². The number of urea groups is 1. The van der Waals surface area contributed by atoms with E-state index in [1.807, 2.05) is 0 Å². The highest BCUT2D eigenvalue weighted by Crippen LogP contribution is 2.47. The van der Waals surface area contributed by atoms with Crippen LogP contribution < -0.4 is 5.73 Å². The van der Waals surface area contributed by atoms with Gasteiger partial charge in [0.15, 0.2) is 0 Å². The molecule has 1 aliphatic heterocycles. The highest BCUT2D eigenvalue weighted by atomic mass is 19.4. The third-order valence-corrected chi connectivity index (χ3v) is 4.07. The summed E-state index contributed by atoms with van der Waals surface area (Å²) in [6.07, 6.45) is -1.32. The molecule has 2 rings (SSSR count). The molecule has 1 heterocycles. The van der Waals surface area contributed by atoms with E-state index in [1.165, 1.54) is 11.9 Å². The predicted molar refractivity (Wildman–Crippen MR) is 59.9 cm³/mol. The molecule has 2 N–H and O–H groups in total. The Balaban J connectivity index is 1.94. The minimum atomic E-state index is -4.36. The molecule has 0 aromatic heterocycles. The molecule has 1 atom stereocenters. The van der Waals surface area contributed by atoms with Crippen molar-refractivity contribution in [1.29, 1.82) is 0 Å². The average Bonchev–Trinajstić information content (AvgIpc) is 2.51. The van der Waals surface area contributed by atoms with Crippen molar-refractivity contribution in [3.8, 4) is 0 Å². The highest BCUT2D eigenvalue weighted by molar-refractivity contribution is 5.74. The number of carbonyl (C=O) groups is 1. The number of rotatable bonds is 1. The Kier molecular flexibility index (Phi) is 3.21. The van der Waals surface area contributed by atoms with Crippen LogP contribution in [0.3, 0.4) is 0 Å². The van der Waals surface area contributed by atoms with E-state index in [-0.39, 0.29) is 11.5 Å².